The fourth-order valence-electron chi connectivity index (χ4n) is 1.55. The first-order valence-electron chi connectivity index (χ1n) is 5.44. The Bertz CT molecular complexity index is 626. The van der Waals surface area contributed by atoms with Crippen LogP contribution in [-0.4, -0.2) is 15.1 Å². The summed E-state index contributed by atoms with van der Waals surface area (Å²) >= 11 is 3.30. The van der Waals surface area contributed by atoms with E-state index in [0.29, 0.717) is 28.2 Å². The van der Waals surface area contributed by atoms with Gasteiger partial charge in [-0.3, -0.25) is 10.1 Å². The van der Waals surface area contributed by atoms with Crippen LogP contribution in [0.3, 0.4) is 0 Å². The van der Waals surface area contributed by atoms with Crippen molar-refractivity contribution in [3.8, 4) is 0 Å². The number of anilines is 1. The quantitative estimate of drug-likeness (QED) is 0.685. The van der Waals surface area contributed by atoms with E-state index in [1.54, 1.807) is 13.0 Å². The number of aryl methyl sites for hydroxylation is 1. The number of rotatable bonds is 4. The van der Waals surface area contributed by atoms with Crippen molar-refractivity contribution < 1.29 is 9.45 Å². The predicted molar refractivity (Wildman–Crippen MR) is 71.9 cm³/mol. The van der Waals surface area contributed by atoms with Gasteiger partial charge in [-0.25, -0.2) is 4.98 Å². The number of halogens is 1. The van der Waals surface area contributed by atoms with Crippen LogP contribution in [0.2, 0.25) is 0 Å². The lowest BCUT2D eigenvalue weighted by molar-refractivity contribution is -0.385. The molecule has 0 amide bonds. The first kappa shape index (κ1) is 13.5. The zero-order valence-electron chi connectivity index (χ0n) is 10.3. The largest absolute Gasteiger partial charge is 0.362 e. The van der Waals surface area contributed by atoms with Crippen LogP contribution < -0.4 is 5.32 Å². The van der Waals surface area contributed by atoms with E-state index in [4.69, 9.17) is 4.52 Å². The standard InChI is InChI=1S/C11H11BrN4O3/c1-6-3-8(19-15-6)4-13-11-10(12)7(2)9(5-14-11)16(17)18/h3,5H,4H2,1-2H3,(H,13,14). The third-order valence-corrected chi connectivity index (χ3v) is 3.51. The number of nitro groups is 1. The summed E-state index contributed by atoms with van der Waals surface area (Å²) in [6, 6.07) is 1.80. The van der Waals surface area contributed by atoms with Gasteiger partial charge in [0.25, 0.3) is 5.69 Å². The van der Waals surface area contributed by atoms with Gasteiger partial charge in [0.1, 0.15) is 12.0 Å². The zero-order chi connectivity index (χ0) is 14.0. The fraction of sp³-hybridized carbons (Fsp3) is 0.273. The average Bonchev–Trinajstić information content (AvgIpc) is 2.76. The van der Waals surface area contributed by atoms with Crippen molar-refractivity contribution in [1.82, 2.24) is 10.1 Å². The minimum atomic E-state index is -0.462. The molecule has 0 aromatic carbocycles. The molecule has 2 aromatic heterocycles. The van der Waals surface area contributed by atoms with Crippen LogP contribution in [0.1, 0.15) is 17.0 Å². The molecule has 0 saturated heterocycles. The molecule has 0 saturated carbocycles. The third-order valence-electron chi connectivity index (χ3n) is 2.54. The lowest BCUT2D eigenvalue weighted by atomic mass is 10.2. The molecule has 1 N–H and O–H groups in total. The zero-order valence-corrected chi connectivity index (χ0v) is 11.9. The van der Waals surface area contributed by atoms with Gasteiger partial charge in [-0.15, -0.1) is 0 Å². The highest BCUT2D eigenvalue weighted by molar-refractivity contribution is 9.10. The van der Waals surface area contributed by atoms with Crippen molar-refractivity contribution in [2.75, 3.05) is 5.32 Å². The second-order valence-electron chi connectivity index (χ2n) is 3.98. The molecule has 0 aliphatic carbocycles. The van der Waals surface area contributed by atoms with Crippen molar-refractivity contribution in [1.29, 1.82) is 0 Å². The number of nitrogens with one attached hydrogen (secondary N) is 1. The molecule has 0 atom stereocenters. The second kappa shape index (κ2) is 5.35. The topological polar surface area (TPSA) is 94.1 Å². The number of nitrogens with zero attached hydrogens (tertiary/aromatic N) is 3. The van der Waals surface area contributed by atoms with Crippen molar-refractivity contribution in [2.45, 2.75) is 20.4 Å². The highest BCUT2D eigenvalue weighted by Gasteiger charge is 2.17. The smallest absolute Gasteiger partial charge is 0.291 e. The van der Waals surface area contributed by atoms with Crippen LogP contribution in [0.25, 0.3) is 0 Å². The maximum atomic E-state index is 10.8. The van der Waals surface area contributed by atoms with E-state index in [0.717, 1.165) is 5.69 Å². The lowest BCUT2D eigenvalue weighted by Crippen LogP contribution is -2.03. The normalized spacial score (nSPS) is 10.5. The Kier molecular flexibility index (Phi) is 3.79. The van der Waals surface area contributed by atoms with Crippen LogP contribution in [0.15, 0.2) is 21.3 Å². The lowest BCUT2D eigenvalue weighted by Gasteiger charge is -2.07. The van der Waals surface area contributed by atoms with Crippen LogP contribution >= 0.6 is 15.9 Å². The van der Waals surface area contributed by atoms with E-state index in [1.165, 1.54) is 6.20 Å². The summed E-state index contributed by atoms with van der Waals surface area (Å²) in [6.07, 6.45) is 1.23. The van der Waals surface area contributed by atoms with Crippen molar-refractivity contribution >= 4 is 27.4 Å². The molecule has 0 aliphatic heterocycles. The number of hydrogen-bond donors (Lipinski definition) is 1. The Labute approximate surface area is 117 Å². The van der Waals surface area contributed by atoms with E-state index in [9.17, 15) is 10.1 Å². The summed E-state index contributed by atoms with van der Waals surface area (Å²) < 4.78 is 5.62. The summed E-state index contributed by atoms with van der Waals surface area (Å²) in [6.45, 7) is 3.90. The van der Waals surface area contributed by atoms with Gasteiger partial charge in [0.05, 0.1) is 21.6 Å². The number of aromatic nitrogens is 2. The minimum absolute atomic E-state index is 0.0204. The van der Waals surface area contributed by atoms with Crippen molar-refractivity contribution in [3.05, 3.63) is 43.9 Å². The summed E-state index contributed by atoms with van der Waals surface area (Å²) in [5.74, 6) is 1.19. The van der Waals surface area contributed by atoms with E-state index in [2.05, 4.69) is 31.4 Å². The highest BCUT2D eigenvalue weighted by atomic mass is 79.9. The molecule has 8 heteroatoms. The minimum Gasteiger partial charge on any atom is -0.362 e. The molecule has 2 aromatic rings. The number of hydrogen-bond acceptors (Lipinski definition) is 6. The average molecular weight is 327 g/mol. The van der Waals surface area contributed by atoms with E-state index in [-0.39, 0.29) is 5.69 Å². The van der Waals surface area contributed by atoms with Crippen molar-refractivity contribution in [3.63, 3.8) is 0 Å². The van der Waals surface area contributed by atoms with Crippen LogP contribution in [-0.2, 0) is 6.54 Å². The molecule has 0 spiro atoms. The Morgan fingerprint density at radius 2 is 2.26 bits per heavy atom. The van der Waals surface area contributed by atoms with Gasteiger partial charge in [-0.05, 0) is 29.8 Å². The summed E-state index contributed by atoms with van der Waals surface area (Å²) in [5, 5.41) is 17.6. The van der Waals surface area contributed by atoms with Gasteiger partial charge < -0.3 is 9.84 Å². The molecule has 19 heavy (non-hydrogen) atoms. The number of pyridine rings is 1. The highest BCUT2D eigenvalue weighted by Crippen LogP contribution is 2.30. The monoisotopic (exact) mass is 326 g/mol. The summed E-state index contributed by atoms with van der Waals surface area (Å²) in [7, 11) is 0. The Hall–Kier alpha value is -1.96. The van der Waals surface area contributed by atoms with Crippen LogP contribution in [0.5, 0.6) is 0 Å². The molecule has 0 radical (unpaired) electrons. The Morgan fingerprint density at radius 1 is 1.53 bits per heavy atom. The van der Waals surface area contributed by atoms with Crippen molar-refractivity contribution in [2.24, 2.45) is 0 Å². The molecule has 0 bridgehead atoms. The molecule has 0 fully saturated rings. The van der Waals surface area contributed by atoms with Crippen LogP contribution in [0.4, 0.5) is 11.5 Å². The molecule has 0 unspecified atom stereocenters. The van der Waals surface area contributed by atoms with Gasteiger partial charge in [-0.2, -0.15) is 0 Å². The molecule has 0 aliphatic rings. The first-order chi connectivity index (χ1) is 8.99. The van der Waals surface area contributed by atoms with Gasteiger partial charge in [0, 0.05) is 11.6 Å². The molecule has 2 heterocycles. The van der Waals surface area contributed by atoms with E-state index < -0.39 is 4.92 Å². The molecular formula is C11H11BrN4O3. The van der Waals surface area contributed by atoms with Gasteiger partial charge in [0.15, 0.2) is 5.76 Å². The Morgan fingerprint density at radius 3 is 2.84 bits per heavy atom. The van der Waals surface area contributed by atoms with E-state index >= 15 is 0 Å². The van der Waals surface area contributed by atoms with Gasteiger partial charge in [-0.1, -0.05) is 5.16 Å². The fourth-order valence-corrected chi connectivity index (χ4v) is 1.99. The maximum Gasteiger partial charge on any atom is 0.291 e. The molecule has 2 rings (SSSR count). The third kappa shape index (κ3) is 2.90. The predicted octanol–water partition coefficient (Wildman–Crippen LogP) is 2.97. The van der Waals surface area contributed by atoms with Gasteiger partial charge >= 0.3 is 0 Å². The SMILES string of the molecule is Cc1cc(CNc2ncc([N+](=O)[O-])c(C)c2Br)on1. The second-order valence-corrected chi connectivity index (χ2v) is 4.77. The maximum absolute atomic E-state index is 10.8. The molecular weight excluding hydrogens is 316 g/mol. The van der Waals surface area contributed by atoms with E-state index in [1.807, 2.05) is 6.92 Å². The van der Waals surface area contributed by atoms with Crippen LogP contribution in [0, 0.1) is 24.0 Å². The summed E-state index contributed by atoms with van der Waals surface area (Å²) in [5.41, 5.74) is 1.30. The van der Waals surface area contributed by atoms with Gasteiger partial charge in [0.2, 0.25) is 0 Å². The summed E-state index contributed by atoms with van der Waals surface area (Å²) in [4.78, 5) is 14.3. The molecule has 100 valence electrons. The molecule has 7 nitrogen and oxygen atoms in total. The Balaban J connectivity index is 2.17. The first-order valence-corrected chi connectivity index (χ1v) is 6.24.